The van der Waals surface area contributed by atoms with Gasteiger partial charge in [0.05, 0.1) is 6.61 Å². The van der Waals surface area contributed by atoms with Crippen LogP contribution in [0.5, 0.6) is 0 Å². The zero-order chi connectivity index (χ0) is 17.3. The minimum absolute atomic E-state index is 0.0202. The molecule has 2 aliphatic rings. The van der Waals surface area contributed by atoms with Crippen molar-refractivity contribution in [3.8, 4) is 0 Å². The fraction of sp³-hybridized carbons (Fsp3) is 0.529. The smallest absolute Gasteiger partial charge is 0.326 e. The number of carboxylic acid groups (broad SMARTS) is 1. The fourth-order valence-corrected chi connectivity index (χ4v) is 3.85. The van der Waals surface area contributed by atoms with E-state index in [0.717, 1.165) is 18.4 Å². The van der Waals surface area contributed by atoms with E-state index in [-0.39, 0.29) is 23.7 Å². The lowest BCUT2D eigenvalue weighted by Crippen LogP contribution is -2.49. The van der Waals surface area contributed by atoms with E-state index in [2.05, 4.69) is 5.32 Å². The zero-order valence-electron chi connectivity index (χ0n) is 13.0. The highest BCUT2D eigenvalue weighted by atomic mass is 35.5. The van der Waals surface area contributed by atoms with Gasteiger partial charge in [-0.25, -0.2) is 4.79 Å². The molecule has 24 heavy (non-hydrogen) atoms. The Kier molecular flexibility index (Phi) is 5.33. The second-order valence-corrected chi connectivity index (χ2v) is 7.26. The topological polar surface area (TPSA) is 75.6 Å². The quantitative estimate of drug-likeness (QED) is 0.833. The maximum absolute atomic E-state index is 12.4. The lowest BCUT2D eigenvalue weighted by atomic mass is 9.93. The number of rotatable bonds is 5. The number of hydrogen-bond acceptors (Lipinski definition) is 3. The van der Waals surface area contributed by atoms with Crippen LogP contribution in [0.25, 0.3) is 0 Å². The molecule has 4 unspecified atom stereocenters. The average Bonchev–Trinajstić information content (AvgIpc) is 3.33. The highest BCUT2D eigenvalue weighted by molar-refractivity contribution is 6.35. The maximum atomic E-state index is 12.4. The molecule has 1 amide bonds. The Morgan fingerprint density at radius 2 is 2.12 bits per heavy atom. The summed E-state index contributed by atoms with van der Waals surface area (Å²) in [6.07, 6.45) is 2.23. The standard InChI is InChI=1S/C17H19Cl2NO4/c18-10-3-4-11(14(19)6-10)12-7-13(12)16(21)20-15(17(22)23)9-2-1-5-24-8-9/h3-4,6,9,12-13,15H,1-2,5,7-8H2,(H,20,21)(H,22,23). The molecule has 1 saturated carbocycles. The highest BCUT2D eigenvalue weighted by Gasteiger charge is 2.46. The largest absolute Gasteiger partial charge is 0.480 e. The summed E-state index contributed by atoms with van der Waals surface area (Å²) in [6.45, 7) is 1.02. The molecule has 1 aromatic carbocycles. The van der Waals surface area contributed by atoms with E-state index >= 15 is 0 Å². The number of hydrogen-bond donors (Lipinski definition) is 2. The van der Waals surface area contributed by atoms with Crippen molar-refractivity contribution in [1.29, 1.82) is 0 Å². The molecule has 130 valence electrons. The Hall–Kier alpha value is -1.30. The van der Waals surface area contributed by atoms with Crippen LogP contribution in [0, 0.1) is 11.8 Å². The molecule has 2 N–H and O–H groups in total. The molecular formula is C17H19Cl2NO4. The third kappa shape index (κ3) is 3.85. The molecular weight excluding hydrogens is 353 g/mol. The second kappa shape index (κ2) is 7.30. The predicted molar refractivity (Wildman–Crippen MR) is 90.4 cm³/mol. The summed E-state index contributed by atoms with van der Waals surface area (Å²) in [5.74, 6) is -1.65. The third-order valence-electron chi connectivity index (χ3n) is 4.72. The third-order valence-corrected chi connectivity index (χ3v) is 5.28. The lowest BCUT2D eigenvalue weighted by Gasteiger charge is -2.28. The van der Waals surface area contributed by atoms with Gasteiger partial charge in [-0.15, -0.1) is 0 Å². The molecule has 0 spiro atoms. The van der Waals surface area contributed by atoms with E-state index in [0.29, 0.717) is 29.7 Å². The van der Waals surface area contributed by atoms with Crippen LogP contribution in [0.1, 0.15) is 30.7 Å². The molecule has 1 heterocycles. The lowest BCUT2D eigenvalue weighted by molar-refractivity contribution is -0.145. The molecule has 1 aliphatic carbocycles. The van der Waals surface area contributed by atoms with Gasteiger partial charge in [-0.3, -0.25) is 4.79 Å². The van der Waals surface area contributed by atoms with Crippen molar-refractivity contribution in [2.24, 2.45) is 11.8 Å². The Bertz CT molecular complexity index is 645. The number of halogens is 2. The second-order valence-electron chi connectivity index (χ2n) is 6.42. The van der Waals surface area contributed by atoms with Crippen LogP contribution in [-0.4, -0.2) is 36.2 Å². The van der Waals surface area contributed by atoms with Gasteiger partial charge in [0.1, 0.15) is 6.04 Å². The van der Waals surface area contributed by atoms with Crippen LogP contribution in [0.2, 0.25) is 10.0 Å². The molecule has 0 aromatic heterocycles. The Balaban J connectivity index is 1.63. The van der Waals surface area contributed by atoms with Crippen LogP contribution in [0.15, 0.2) is 18.2 Å². The average molecular weight is 372 g/mol. The Morgan fingerprint density at radius 3 is 2.75 bits per heavy atom. The first-order valence-corrected chi connectivity index (χ1v) is 8.79. The van der Waals surface area contributed by atoms with Gasteiger partial charge in [-0.05, 0) is 42.9 Å². The maximum Gasteiger partial charge on any atom is 0.326 e. The zero-order valence-corrected chi connectivity index (χ0v) is 14.5. The van der Waals surface area contributed by atoms with E-state index in [4.69, 9.17) is 27.9 Å². The van der Waals surface area contributed by atoms with Gasteiger partial charge in [0.25, 0.3) is 0 Å². The van der Waals surface area contributed by atoms with Gasteiger partial charge in [0.15, 0.2) is 0 Å². The van der Waals surface area contributed by atoms with Crippen molar-refractivity contribution in [2.75, 3.05) is 13.2 Å². The monoisotopic (exact) mass is 371 g/mol. The van der Waals surface area contributed by atoms with Gasteiger partial charge >= 0.3 is 5.97 Å². The molecule has 1 saturated heterocycles. The van der Waals surface area contributed by atoms with E-state index in [1.54, 1.807) is 12.1 Å². The Labute approximate surface area is 150 Å². The normalized spacial score (nSPS) is 27.3. The first-order chi connectivity index (χ1) is 11.5. The van der Waals surface area contributed by atoms with E-state index < -0.39 is 12.0 Å². The van der Waals surface area contributed by atoms with Gasteiger partial charge in [0.2, 0.25) is 5.91 Å². The molecule has 0 radical (unpaired) electrons. The molecule has 2 fully saturated rings. The summed E-state index contributed by atoms with van der Waals surface area (Å²) in [6, 6.07) is 4.33. The molecule has 7 heteroatoms. The van der Waals surface area contributed by atoms with E-state index in [1.165, 1.54) is 0 Å². The van der Waals surface area contributed by atoms with Crippen LogP contribution in [0.3, 0.4) is 0 Å². The van der Waals surface area contributed by atoms with Crippen LogP contribution >= 0.6 is 23.2 Å². The number of carboxylic acids is 1. The van der Waals surface area contributed by atoms with Gasteiger partial charge < -0.3 is 15.2 Å². The number of benzene rings is 1. The number of carbonyl (C=O) groups excluding carboxylic acids is 1. The van der Waals surface area contributed by atoms with E-state index in [1.807, 2.05) is 6.07 Å². The minimum Gasteiger partial charge on any atom is -0.480 e. The van der Waals surface area contributed by atoms with Crippen molar-refractivity contribution in [3.63, 3.8) is 0 Å². The van der Waals surface area contributed by atoms with Crippen molar-refractivity contribution in [3.05, 3.63) is 33.8 Å². The van der Waals surface area contributed by atoms with Crippen LogP contribution in [0.4, 0.5) is 0 Å². The summed E-state index contributed by atoms with van der Waals surface area (Å²) >= 11 is 12.1. The molecule has 3 rings (SSSR count). The summed E-state index contributed by atoms with van der Waals surface area (Å²) < 4.78 is 5.34. The van der Waals surface area contributed by atoms with E-state index in [9.17, 15) is 14.7 Å². The van der Waals surface area contributed by atoms with Crippen molar-refractivity contribution in [2.45, 2.75) is 31.2 Å². The van der Waals surface area contributed by atoms with Crippen LogP contribution < -0.4 is 5.32 Å². The SMILES string of the molecule is O=C(NC(C(=O)O)C1CCCOC1)C1CC1c1ccc(Cl)cc1Cl. The predicted octanol–water partition coefficient (Wildman–Crippen LogP) is 3.09. The molecule has 4 atom stereocenters. The number of aliphatic carboxylic acids is 1. The fourth-order valence-electron chi connectivity index (χ4n) is 3.30. The molecule has 1 aliphatic heterocycles. The number of carbonyl (C=O) groups is 2. The first kappa shape index (κ1) is 17.5. The van der Waals surface area contributed by atoms with Crippen molar-refractivity contribution >= 4 is 35.1 Å². The number of amides is 1. The minimum atomic E-state index is -1.01. The van der Waals surface area contributed by atoms with Gasteiger partial charge in [0, 0.05) is 28.5 Å². The summed E-state index contributed by atoms with van der Waals surface area (Å²) in [4.78, 5) is 24.0. The van der Waals surface area contributed by atoms with Crippen molar-refractivity contribution < 1.29 is 19.4 Å². The summed E-state index contributed by atoms with van der Waals surface area (Å²) in [7, 11) is 0. The van der Waals surface area contributed by atoms with Gasteiger partial charge in [-0.1, -0.05) is 29.3 Å². The Morgan fingerprint density at radius 1 is 1.33 bits per heavy atom. The summed E-state index contributed by atoms with van der Waals surface area (Å²) in [5.41, 5.74) is 0.883. The molecule has 1 aromatic rings. The molecule has 0 bridgehead atoms. The van der Waals surface area contributed by atoms with Crippen molar-refractivity contribution in [1.82, 2.24) is 5.32 Å². The highest BCUT2D eigenvalue weighted by Crippen LogP contribution is 2.50. The van der Waals surface area contributed by atoms with Gasteiger partial charge in [-0.2, -0.15) is 0 Å². The van der Waals surface area contributed by atoms with Crippen LogP contribution in [-0.2, 0) is 14.3 Å². The number of ether oxygens (including phenoxy) is 1. The first-order valence-electron chi connectivity index (χ1n) is 8.03. The molecule has 5 nitrogen and oxygen atoms in total. The number of nitrogens with one attached hydrogen (secondary N) is 1. The summed E-state index contributed by atoms with van der Waals surface area (Å²) in [5, 5.41) is 13.2.